The third kappa shape index (κ3) is 3.42. The molecule has 2 rings (SSSR count). The molecule has 4 nitrogen and oxygen atoms in total. The highest BCUT2D eigenvalue weighted by Gasteiger charge is 2.13. The van der Waals surface area contributed by atoms with Crippen LogP contribution in [0.2, 0.25) is 0 Å². The van der Waals surface area contributed by atoms with Crippen LogP contribution < -0.4 is 10.3 Å². The van der Waals surface area contributed by atoms with Crippen LogP contribution in [0.5, 0.6) is 0 Å². The number of nitrogens with zero attached hydrogens (tertiary/aromatic N) is 1. The van der Waals surface area contributed by atoms with E-state index in [0.717, 1.165) is 12.0 Å². The first-order chi connectivity index (χ1) is 7.54. The zero-order chi connectivity index (χ0) is 12.1. The Bertz CT molecular complexity index is 447. The lowest BCUT2D eigenvalue weighted by Gasteiger charge is -2.03. The number of nitrogens with two attached hydrogens (primary N) is 2. The van der Waals surface area contributed by atoms with Crippen LogP contribution in [0.3, 0.4) is 0 Å². The van der Waals surface area contributed by atoms with Gasteiger partial charge in [0, 0.05) is 0 Å². The maximum atomic E-state index is 9.11. The number of hydrogen-bond donors (Lipinski definition) is 2. The van der Waals surface area contributed by atoms with E-state index < -0.39 is 11.2 Å². The summed E-state index contributed by atoms with van der Waals surface area (Å²) in [5.41, 5.74) is 4.98. The van der Waals surface area contributed by atoms with Gasteiger partial charge in [0.05, 0.1) is 11.6 Å². The van der Waals surface area contributed by atoms with Gasteiger partial charge in [-0.1, -0.05) is 0 Å². The van der Waals surface area contributed by atoms with Crippen molar-refractivity contribution in [2.45, 2.75) is 26.2 Å². The van der Waals surface area contributed by atoms with Gasteiger partial charge in [-0.2, -0.15) is 5.26 Å². The molecule has 0 spiro atoms. The summed E-state index contributed by atoms with van der Waals surface area (Å²) in [4.78, 5) is 0. The molecular weight excluding hydrogens is 222 g/mol. The zero-order valence-corrected chi connectivity index (χ0v) is 10.0. The topological polar surface area (TPSA) is 92.9 Å². The van der Waals surface area contributed by atoms with Gasteiger partial charge in [0.2, 0.25) is 0 Å². The van der Waals surface area contributed by atoms with Crippen molar-refractivity contribution in [3.05, 3.63) is 34.4 Å². The van der Waals surface area contributed by atoms with Gasteiger partial charge in [-0.25, -0.2) is 14.5 Å². The Kier molecular flexibility index (Phi) is 4.62. The molecule has 0 heterocycles. The van der Waals surface area contributed by atoms with Crippen molar-refractivity contribution in [2.24, 2.45) is 10.3 Å². The number of rotatable bonds is 0. The molecule has 0 radical (unpaired) electrons. The zero-order valence-electron chi connectivity index (χ0n) is 9.19. The van der Waals surface area contributed by atoms with E-state index in [-0.39, 0.29) is 0 Å². The lowest BCUT2D eigenvalue weighted by atomic mass is 10.0. The molecular formula is C11H15N3OS. The molecule has 16 heavy (non-hydrogen) atoms. The molecule has 0 fully saturated rings. The van der Waals surface area contributed by atoms with Crippen molar-refractivity contribution in [1.82, 2.24) is 0 Å². The van der Waals surface area contributed by atoms with E-state index in [9.17, 15) is 0 Å². The van der Waals surface area contributed by atoms with E-state index in [1.165, 1.54) is 29.5 Å². The number of fused-ring (bicyclic) bond motifs is 1. The van der Waals surface area contributed by atoms with E-state index in [0.29, 0.717) is 0 Å². The van der Waals surface area contributed by atoms with Gasteiger partial charge in [-0.3, -0.25) is 0 Å². The third-order valence-corrected chi connectivity index (χ3v) is 2.57. The molecule has 4 N–H and O–H groups in total. The van der Waals surface area contributed by atoms with E-state index in [4.69, 9.17) is 9.47 Å². The Labute approximate surface area is 98.0 Å². The largest absolute Gasteiger partial charge is 0.239 e. The molecule has 1 aliphatic rings. The summed E-state index contributed by atoms with van der Waals surface area (Å²) in [5.74, 6) is 0. The molecule has 1 aromatic carbocycles. The summed E-state index contributed by atoms with van der Waals surface area (Å²) < 4.78 is 9.11. The maximum Gasteiger partial charge on any atom is 0.161 e. The SMILES string of the molecule is Cc1cc(C#N)cc2c1CCC2.NS(N)=O. The Morgan fingerprint density at radius 1 is 1.38 bits per heavy atom. The summed E-state index contributed by atoms with van der Waals surface area (Å²) >= 11 is -1.61. The second-order valence-corrected chi connectivity index (χ2v) is 4.38. The minimum absolute atomic E-state index is 0.813. The quantitative estimate of drug-likeness (QED) is 0.699. The normalized spacial score (nSPS) is 12.7. The van der Waals surface area contributed by atoms with Crippen LogP contribution in [-0.2, 0) is 24.0 Å². The van der Waals surface area contributed by atoms with Crippen LogP contribution in [0.25, 0.3) is 0 Å². The molecule has 0 saturated heterocycles. The van der Waals surface area contributed by atoms with E-state index >= 15 is 0 Å². The van der Waals surface area contributed by atoms with Crippen LogP contribution in [0.4, 0.5) is 0 Å². The van der Waals surface area contributed by atoms with Crippen molar-refractivity contribution < 1.29 is 4.21 Å². The first kappa shape index (κ1) is 12.8. The van der Waals surface area contributed by atoms with Gasteiger partial charge in [-0.15, -0.1) is 0 Å². The summed E-state index contributed by atoms with van der Waals surface area (Å²) in [6.07, 6.45) is 3.61. The highest BCUT2D eigenvalue weighted by atomic mass is 32.2. The number of aryl methyl sites for hydroxylation is 2. The van der Waals surface area contributed by atoms with Crippen molar-refractivity contribution in [3.63, 3.8) is 0 Å². The van der Waals surface area contributed by atoms with Crippen molar-refractivity contribution in [2.75, 3.05) is 0 Å². The fraction of sp³-hybridized carbons (Fsp3) is 0.364. The van der Waals surface area contributed by atoms with Crippen LogP contribution in [0.1, 0.15) is 28.7 Å². The molecule has 1 aromatic rings. The van der Waals surface area contributed by atoms with Gasteiger partial charge in [0.15, 0.2) is 11.2 Å². The Morgan fingerprint density at radius 3 is 2.56 bits per heavy atom. The fourth-order valence-corrected chi connectivity index (χ4v) is 1.99. The summed E-state index contributed by atoms with van der Waals surface area (Å²) in [5, 5.41) is 17.5. The monoisotopic (exact) mass is 237 g/mol. The fourth-order valence-electron chi connectivity index (χ4n) is 1.99. The molecule has 0 unspecified atom stereocenters. The van der Waals surface area contributed by atoms with Crippen LogP contribution in [-0.4, -0.2) is 4.21 Å². The first-order valence-electron chi connectivity index (χ1n) is 4.97. The van der Waals surface area contributed by atoms with Crippen LogP contribution in [0.15, 0.2) is 12.1 Å². The molecule has 0 aliphatic heterocycles. The lowest BCUT2D eigenvalue weighted by Crippen LogP contribution is -2.11. The Hall–Kier alpha value is -1.22. The predicted octanol–water partition coefficient (Wildman–Crippen LogP) is 0.838. The molecule has 0 bridgehead atoms. The minimum atomic E-state index is -1.61. The van der Waals surface area contributed by atoms with E-state index in [1.807, 2.05) is 12.1 Å². The Morgan fingerprint density at radius 2 is 2.00 bits per heavy atom. The molecule has 0 amide bonds. The third-order valence-electron chi connectivity index (χ3n) is 2.57. The second kappa shape index (κ2) is 5.75. The van der Waals surface area contributed by atoms with Crippen molar-refractivity contribution in [1.29, 1.82) is 5.26 Å². The average molecular weight is 237 g/mol. The molecule has 0 atom stereocenters. The predicted molar refractivity (Wildman–Crippen MR) is 64.4 cm³/mol. The molecule has 0 aromatic heterocycles. The molecule has 1 aliphatic carbocycles. The van der Waals surface area contributed by atoms with E-state index in [1.54, 1.807) is 0 Å². The summed E-state index contributed by atoms with van der Waals surface area (Å²) in [7, 11) is 0. The molecule has 0 saturated carbocycles. The first-order valence-corrected chi connectivity index (χ1v) is 6.25. The summed E-state index contributed by atoms with van der Waals surface area (Å²) in [6.45, 7) is 2.10. The Balaban J connectivity index is 0.000000280. The molecule has 86 valence electrons. The maximum absolute atomic E-state index is 9.11. The van der Waals surface area contributed by atoms with Gasteiger partial charge in [0.1, 0.15) is 0 Å². The highest BCUT2D eigenvalue weighted by molar-refractivity contribution is 7.80. The highest BCUT2D eigenvalue weighted by Crippen LogP contribution is 2.26. The van der Waals surface area contributed by atoms with Crippen molar-refractivity contribution in [3.8, 4) is 6.07 Å². The van der Waals surface area contributed by atoms with Gasteiger partial charge < -0.3 is 0 Å². The number of hydrogen-bond acceptors (Lipinski definition) is 2. The van der Waals surface area contributed by atoms with Crippen molar-refractivity contribution >= 4 is 11.2 Å². The van der Waals surface area contributed by atoms with Crippen LogP contribution >= 0.6 is 0 Å². The van der Waals surface area contributed by atoms with Crippen LogP contribution in [0, 0.1) is 18.3 Å². The number of benzene rings is 1. The van der Waals surface area contributed by atoms with Gasteiger partial charge >= 0.3 is 0 Å². The van der Waals surface area contributed by atoms with Gasteiger partial charge in [-0.05, 0) is 55.0 Å². The van der Waals surface area contributed by atoms with E-state index in [2.05, 4.69) is 23.3 Å². The van der Waals surface area contributed by atoms with Gasteiger partial charge in [0.25, 0.3) is 0 Å². The average Bonchev–Trinajstić information content (AvgIpc) is 2.65. The minimum Gasteiger partial charge on any atom is -0.239 e. The smallest absolute Gasteiger partial charge is 0.161 e. The second-order valence-electron chi connectivity index (χ2n) is 3.72. The molecule has 5 heteroatoms. The number of nitriles is 1. The standard InChI is InChI=1S/C11H11N.H4N2OS/c1-8-5-9(7-12)6-10-3-2-4-11(8)10;1-4(2)3/h5-6H,2-4H2,1H3;1-2H2. The lowest BCUT2D eigenvalue weighted by molar-refractivity contribution is 0.685. The summed E-state index contributed by atoms with van der Waals surface area (Å²) in [6, 6.07) is 6.22.